The predicted octanol–water partition coefficient (Wildman–Crippen LogP) is 3.30. The van der Waals surface area contributed by atoms with Gasteiger partial charge in [-0.15, -0.1) is 11.3 Å². The number of thiophene rings is 1. The van der Waals surface area contributed by atoms with E-state index in [2.05, 4.69) is 24.4 Å². The van der Waals surface area contributed by atoms with Crippen LogP contribution in [0.2, 0.25) is 0 Å². The first-order valence-corrected chi connectivity index (χ1v) is 9.66. The number of amides is 2. The van der Waals surface area contributed by atoms with Crippen molar-refractivity contribution in [2.45, 2.75) is 45.2 Å². The fourth-order valence-corrected chi connectivity index (χ4v) is 3.91. The second-order valence-electron chi connectivity index (χ2n) is 6.56. The summed E-state index contributed by atoms with van der Waals surface area (Å²) in [7, 11) is 0. The lowest BCUT2D eigenvalue weighted by atomic mass is 10.1. The fourth-order valence-electron chi connectivity index (χ4n) is 3.21. The molecule has 0 aliphatic carbocycles. The molecule has 0 spiro atoms. The molecule has 1 unspecified atom stereocenters. The van der Waals surface area contributed by atoms with Gasteiger partial charge in [-0.05, 0) is 48.8 Å². The molecule has 1 saturated heterocycles. The van der Waals surface area contributed by atoms with Crippen LogP contribution in [0, 0.1) is 6.92 Å². The van der Waals surface area contributed by atoms with Gasteiger partial charge in [0.25, 0.3) is 0 Å². The Morgan fingerprint density at radius 1 is 1.24 bits per heavy atom. The molecule has 0 bridgehead atoms. The Balaban J connectivity index is 1.64. The Morgan fingerprint density at radius 2 is 2.08 bits per heavy atom. The third-order valence-electron chi connectivity index (χ3n) is 4.65. The monoisotopic (exact) mass is 356 g/mol. The van der Waals surface area contributed by atoms with E-state index in [0.29, 0.717) is 13.0 Å². The van der Waals surface area contributed by atoms with Gasteiger partial charge in [0.05, 0.1) is 6.42 Å². The number of nitrogens with zero attached hydrogens (tertiary/aromatic N) is 1. The maximum absolute atomic E-state index is 12.9. The summed E-state index contributed by atoms with van der Waals surface area (Å²) in [6.45, 7) is 3.44. The Kier molecular flexibility index (Phi) is 5.87. The fraction of sp³-hybridized carbons (Fsp3) is 0.400. The topological polar surface area (TPSA) is 49.4 Å². The van der Waals surface area contributed by atoms with Gasteiger partial charge in [0.15, 0.2) is 0 Å². The van der Waals surface area contributed by atoms with Crippen LogP contribution in [0.5, 0.6) is 0 Å². The molecule has 5 heteroatoms. The Morgan fingerprint density at radius 3 is 2.84 bits per heavy atom. The van der Waals surface area contributed by atoms with Gasteiger partial charge < -0.3 is 10.2 Å². The second-order valence-corrected chi connectivity index (χ2v) is 7.59. The zero-order valence-corrected chi connectivity index (χ0v) is 15.3. The third kappa shape index (κ3) is 4.69. The summed E-state index contributed by atoms with van der Waals surface area (Å²) in [5, 5.41) is 4.92. The summed E-state index contributed by atoms with van der Waals surface area (Å²) >= 11 is 1.57. The lowest BCUT2D eigenvalue weighted by Gasteiger charge is -2.25. The van der Waals surface area contributed by atoms with Gasteiger partial charge in [-0.1, -0.05) is 30.3 Å². The van der Waals surface area contributed by atoms with Crippen molar-refractivity contribution in [3.63, 3.8) is 0 Å². The SMILES string of the molecule is Cc1ccccc1CN1CCCCC(NC(=O)Cc2cccs2)C1=O. The van der Waals surface area contributed by atoms with Crippen molar-refractivity contribution < 1.29 is 9.59 Å². The minimum Gasteiger partial charge on any atom is -0.344 e. The van der Waals surface area contributed by atoms with E-state index in [9.17, 15) is 9.59 Å². The molecular formula is C20H24N2O2S. The molecule has 3 rings (SSSR count). The van der Waals surface area contributed by atoms with Crippen LogP contribution in [0.3, 0.4) is 0 Å². The van der Waals surface area contributed by atoms with Crippen LogP contribution in [0.15, 0.2) is 41.8 Å². The molecule has 4 nitrogen and oxygen atoms in total. The number of hydrogen-bond acceptors (Lipinski definition) is 3. The van der Waals surface area contributed by atoms with Gasteiger partial charge in [0.2, 0.25) is 11.8 Å². The molecule has 2 amide bonds. The van der Waals surface area contributed by atoms with Crippen molar-refractivity contribution in [1.29, 1.82) is 0 Å². The average Bonchev–Trinajstić information content (AvgIpc) is 3.04. The van der Waals surface area contributed by atoms with Crippen LogP contribution in [0.4, 0.5) is 0 Å². The summed E-state index contributed by atoms with van der Waals surface area (Å²) in [5.41, 5.74) is 2.36. The van der Waals surface area contributed by atoms with Crippen LogP contribution in [0.25, 0.3) is 0 Å². The van der Waals surface area contributed by atoms with E-state index in [4.69, 9.17) is 0 Å². The van der Waals surface area contributed by atoms with E-state index in [1.54, 1.807) is 11.3 Å². The highest BCUT2D eigenvalue weighted by Gasteiger charge is 2.28. The van der Waals surface area contributed by atoms with Crippen LogP contribution in [-0.4, -0.2) is 29.3 Å². The van der Waals surface area contributed by atoms with Crippen LogP contribution < -0.4 is 5.32 Å². The first-order chi connectivity index (χ1) is 12.1. The Hall–Kier alpha value is -2.14. The van der Waals surface area contributed by atoms with Crippen molar-refractivity contribution in [3.8, 4) is 0 Å². The molecule has 1 aliphatic heterocycles. The smallest absolute Gasteiger partial charge is 0.245 e. The Labute approximate surface area is 152 Å². The lowest BCUT2D eigenvalue weighted by molar-refractivity contribution is -0.136. The summed E-state index contributed by atoms with van der Waals surface area (Å²) in [5.74, 6) is -0.0289. The standard InChI is InChI=1S/C20H24N2O2S/c1-15-7-2-3-8-16(15)14-22-11-5-4-10-18(20(22)24)21-19(23)13-17-9-6-12-25-17/h2-3,6-9,12,18H,4-5,10-11,13-14H2,1H3,(H,21,23). The molecule has 2 aromatic rings. The molecular weight excluding hydrogens is 332 g/mol. The van der Waals surface area contributed by atoms with Gasteiger partial charge in [-0.3, -0.25) is 9.59 Å². The molecule has 1 aliphatic rings. The number of rotatable bonds is 5. The van der Waals surface area contributed by atoms with Gasteiger partial charge in [-0.2, -0.15) is 0 Å². The molecule has 2 heterocycles. The van der Waals surface area contributed by atoms with Crippen LogP contribution in [0.1, 0.15) is 35.3 Å². The molecule has 1 N–H and O–H groups in total. The van der Waals surface area contributed by atoms with E-state index in [-0.39, 0.29) is 11.8 Å². The zero-order chi connectivity index (χ0) is 17.6. The number of nitrogens with one attached hydrogen (secondary N) is 1. The highest BCUT2D eigenvalue weighted by atomic mass is 32.1. The number of benzene rings is 1. The average molecular weight is 356 g/mol. The molecule has 25 heavy (non-hydrogen) atoms. The lowest BCUT2D eigenvalue weighted by Crippen LogP contribution is -2.47. The molecule has 0 saturated carbocycles. The second kappa shape index (κ2) is 8.30. The molecule has 1 fully saturated rings. The molecule has 1 aromatic heterocycles. The van der Waals surface area contributed by atoms with E-state index < -0.39 is 6.04 Å². The number of carbonyl (C=O) groups is 2. The minimum absolute atomic E-state index is 0.0419. The van der Waals surface area contributed by atoms with Gasteiger partial charge in [0, 0.05) is 18.0 Å². The number of carbonyl (C=O) groups excluding carboxylic acids is 2. The summed E-state index contributed by atoms with van der Waals surface area (Å²) < 4.78 is 0. The predicted molar refractivity (Wildman–Crippen MR) is 100 cm³/mol. The number of aryl methyl sites for hydroxylation is 1. The first kappa shape index (κ1) is 17.7. The van der Waals surface area contributed by atoms with E-state index >= 15 is 0 Å². The normalized spacial score (nSPS) is 18.0. The van der Waals surface area contributed by atoms with Crippen molar-refractivity contribution in [3.05, 3.63) is 57.8 Å². The van der Waals surface area contributed by atoms with Crippen molar-refractivity contribution in [2.24, 2.45) is 0 Å². The molecule has 1 aromatic carbocycles. The Bertz CT molecular complexity index is 727. The van der Waals surface area contributed by atoms with E-state index in [1.807, 2.05) is 34.5 Å². The first-order valence-electron chi connectivity index (χ1n) is 8.78. The highest BCUT2D eigenvalue weighted by Crippen LogP contribution is 2.18. The molecule has 132 valence electrons. The van der Waals surface area contributed by atoms with Crippen molar-refractivity contribution in [1.82, 2.24) is 10.2 Å². The summed E-state index contributed by atoms with van der Waals surface area (Å²) in [6, 6.07) is 11.6. The minimum atomic E-state index is -0.404. The van der Waals surface area contributed by atoms with Gasteiger partial charge in [0.1, 0.15) is 6.04 Å². The van der Waals surface area contributed by atoms with Gasteiger partial charge >= 0.3 is 0 Å². The zero-order valence-electron chi connectivity index (χ0n) is 14.5. The van der Waals surface area contributed by atoms with E-state index in [0.717, 1.165) is 30.7 Å². The van der Waals surface area contributed by atoms with Crippen molar-refractivity contribution >= 4 is 23.2 Å². The molecule has 0 radical (unpaired) electrons. The van der Waals surface area contributed by atoms with Crippen LogP contribution in [-0.2, 0) is 22.6 Å². The highest BCUT2D eigenvalue weighted by molar-refractivity contribution is 7.10. The van der Waals surface area contributed by atoms with Crippen LogP contribution >= 0.6 is 11.3 Å². The quantitative estimate of drug-likeness (QED) is 0.894. The van der Waals surface area contributed by atoms with Gasteiger partial charge in [-0.25, -0.2) is 0 Å². The maximum atomic E-state index is 12.9. The summed E-state index contributed by atoms with van der Waals surface area (Å²) in [4.78, 5) is 28.1. The number of likely N-dealkylation sites (tertiary alicyclic amines) is 1. The largest absolute Gasteiger partial charge is 0.344 e. The van der Waals surface area contributed by atoms with E-state index in [1.165, 1.54) is 11.1 Å². The third-order valence-corrected chi connectivity index (χ3v) is 5.53. The van der Waals surface area contributed by atoms with Crippen molar-refractivity contribution in [2.75, 3.05) is 6.54 Å². The maximum Gasteiger partial charge on any atom is 0.245 e. The number of hydrogen-bond donors (Lipinski definition) is 1. The molecule has 1 atom stereocenters. The summed E-state index contributed by atoms with van der Waals surface area (Å²) in [6.07, 6.45) is 3.01.